The van der Waals surface area contributed by atoms with Crippen LogP contribution in [0.5, 0.6) is 11.5 Å². The molecule has 0 heterocycles. The van der Waals surface area contributed by atoms with Crippen molar-refractivity contribution >= 4 is 5.91 Å². The fourth-order valence-corrected chi connectivity index (χ4v) is 1.34. The van der Waals surface area contributed by atoms with E-state index in [-0.39, 0.29) is 5.91 Å². The molecule has 17 heavy (non-hydrogen) atoms. The van der Waals surface area contributed by atoms with Crippen LogP contribution in [0.3, 0.4) is 0 Å². The zero-order valence-electron chi connectivity index (χ0n) is 10.4. The van der Waals surface area contributed by atoms with E-state index < -0.39 is 0 Å². The zero-order valence-corrected chi connectivity index (χ0v) is 10.4. The van der Waals surface area contributed by atoms with Crippen LogP contribution in [-0.2, 0) is 0 Å². The predicted octanol–water partition coefficient (Wildman–Crippen LogP) is 0.653. The Hall–Kier alpha value is -1.75. The van der Waals surface area contributed by atoms with Gasteiger partial charge in [0.2, 0.25) is 0 Å². The molecule has 1 aromatic rings. The molecule has 1 aromatic carbocycles. The molecule has 0 aliphatic heterocycles. The molecule has 0 unspecified atom stereocenters. The highest BCUT2D eigenvalue weighted by Gasteiger charge is 2.08. The molecular weight excluding hydrogens is 220 g/mol. The largest absolute Gasteiger partial charge is 0.497 e. The summed E-state index contributed by atoms with van der Waals surface area (Å²) in [4.78, 5) is 11.8. The van der Waals surface area contributed by atoms with Crippen LogP contribution in [0.2, 0.25) is 0 Å². The molecule has 94 valence electrons. The van der Waals surface area contributed by atoms with E-state index in [4.69, 9.17) is 9.47 Å². The number of hydrogen-bond donors (Lipinski definition) is 2. The lowest BCUT2D eigenvalue weighted by molar-refractivity contribution is 0.0953. The first-order valence-corrected chi connectivity index (χ1v) is 5.37. The SMILES string of the molecule is CNCCNC(=O)c1cc(OC)cc(OC)c1. The van der Waals surface area contributed by atoms with Crippen LogP contribution in [0.25, 0.3) is 0 Å². The number of benzene rings is 1. The number of methoxy groups -OCH3 is 2. The van der Waals surface area contributed by atoms with Gasteiger partial charge in [0.25, 0.3) is 5.91 Å². The molecule has 0 atom stereocenters. The Morgan fingerprint density at radius 2 is 1.71 bits per heavy atom. The molecule has 0 saturated carbocycles. The number of carbonyl (C=O) groups is 1. The fourth-order valence-electron chi connectivity index (χ4n) is 1.34. The summed E-state index contributed by atoms with van der Waals surface area (Å²) < 4.78 is 10.2. The molecule has 0 fully saturated rings. The van der Waals surface area contributed by atoms with Crippen molar-refractivity contribution < 1.29 is 14.3 Å². The maximum Gasteiger partial charge on any atom is 0.251 e. The Balaban J connectivity index is 2.77. The van der Waals surface area contributed by atoms with Crippen molar-refractivity contribution in [2.24, 2.45) is 0 Å². The summed E-state index contributed by atoms with van der Waals surface area (Å²) >= 11 is 0. The predicted molar refractivity (Wildman–Crippen MR) is 65.8 cm³/mol. The lowest BCUT2D eigenvalue weighted by Gasteiger charge is -2.09. The highest BCUT2D eigenvalue weighted by molar-refractivity contribution is 5.95. The average Bonchev–Trinajstić information content (AvgIpc) is 2.38. The van der Waals surface area contributed by atoms with Crippen LogP contribution in [0, 0.1) is 0 Å². The van der Waals surface area contributed by atoms with Gasteiger partial charge in [-0.05, 0) is 19.2 Å². The number of nitrogens with one attached hydrogen (secondary N) is 2. The van der Waals surface area contributed by atoms with Crippen LogP contribution >= 0.6 is 0 Å². The third kappa shape index (κ3) is 3.96. The average molecular weight is 238 g/mol. The molecule has 0 bridgehead atoms. The molecular formula is C12H18N2O3. The summed E-state index contributed by atoms with van der Waals surface area (Å²) in [6.07, 6.45) is 0. The minimum atomic E-state index is -0.141. The summed E-state index contributed by atoms with van der Waals surface area (Å²) in [5.41, 5.74) is 0.525. The molecule has 0 aliphatic carbocycles. The lowest BCUT2D eigenvalue weighted by atomic mass is 10.2. The number of ether oxygens (including phenoxy) is 2. The van der Waals surface area contributed by atoms with E-state index >= 15 is 0 Å². The van der Waals surface area contributed by atoms with Crippen LogP contribution < -0.4 is 20.1 Å². The van der Waals surface area contributed by atoms with Crippen molar-refractivity contribution in [2.45, 2.75) is 0 Å². The van der Waals surface area contributed by atoms with Crippen LogP contribution in [0.1, 0.15) is 10.4 Å². The normalized spacial score (nSPS) is 9.82. The van der Waals surface area contributed by atoms with Crippen LogP contribution in [0.15, 0.2) is 18.2 Å². The summed E-state index contributed by atoms with van der Waals surface area (Å²) in [6, 6.07) is 5.08. The molecule has 1 rings (SSSR count). The fraction of sp³-hybridized carbons (Fsp3) is 0.417. The van der Waals surface area contributed by atoms with E-state index in [9.17, 15) is 4.79 Å². The van der Waals surface area contributed by atoms with Crippen molar-refractivity contribution in [2.75, 3.05) is 34.4 Å². The zero-order chi connectivity index (χ0) is 12.7. The van der Waals surface area contributed by atoms with Gasteiger partial charge in [0.1, 0.15) is 11.5 Å². The lowest BCUT2D eigenvalue weighted by Crippen LogP contribution is -2.30. The minimum absolute atomic E-state index is 0.141. The van der Waals surface area contributed by atoms with Gasteiger partial charge >= 0.3 is 0 Å². The third-order valence-electron chi connectivity index (χ3n) is 2.27. The highest BCUT2D eigenvalue weighted by Crippen LogP contribution is 2.22. The number of hydrogen-bond acceptors (Lipinski definition) is 4. The summed E-state index contributed by atoms with van der Waals surface area (Å²) in [5.74, 6) is 1.06. The first kappa shape index (κ1) is 13.3. The van der Waals surface area contributed by atoms with E-state index in [0.717, 1.165) is 6.54 Å². The Morgan fingerprint density at radius 1 is 1.12 bits per heavy atom. The maximum absolute atomic E-state index is 11.8. The number of amides is 1. The summed E-state index contributed by atoms with van der Waals surface area (Å²) in [7, 11) is 4.94. The third-order valence-corrected chi connectivity index (χ3v) is 2.27. The molecule has 0 aromatic heterocycles. The van der Waals surface area contributed by atoms with Crippen molar-refractivity contribution in [3.8, 4) is 11.5 Å². The molecule has 0 radical (unpaired) electrons. The maximum atomic E-state index is 11.8. The van der Waals surface area contributed by atoms with Gasteiger partial charge in [-0.1, -0.05) is 0 Å². The molecule has 5 heteroatoms. The molecule has 1 amide bonds. The second-order valence-corrected chi connectivity index (χ2v) is 3.46. The first-order chi connectivity index (χ1) is 8.21. The van der Waals surface area contributed by atoms with E-state index in [1.807, 2.05) is 7.05 Å². The van der Waals surface area contributed by atoms with Gasteiger partial charge in [0.05, 0.1) is 14.2 Å². The van der Waals surface area contributed by atoms with Crippen molar-refractivity contribution in [3.05, 3.63) is 23.8 Å². The molecule has 0 saturated heterocycles. The molecule has 2 N–H and O–H groups in total. The minimum Gasteiger partial charge on any atom is -0.497 e. The molecule has 5 nitrogen and oxygen atoms in total. The summed E-state index contributed by atoms with van der Waals surface area (Å²) in [6.45, 7) is 1.31. The smallest absolute Gasteiger partial charge is 0.251 e. The number of rotatable bonds is 6. The Kier molecular flexibility index (Phi) is 5.29. The van der Waals surface area contributed by atoms with Gasteiger partial charge in [-0.2, -0.15) is 0 Å². The van der Waals surface area contributed by atoms with Gasteiger partial charge < -0.3 is 20.1 Å². The summed E-state index contributed by atoms with van der Waals surface area (Å²) in [5, 5.41) is 5.75. The van der Waals surface area contributed by atoms with Crippen molar-refractivity contribution in [1.29, 1.82) is 0 Å². The second kappa shape index (κ2) is 6.75. The first-order valence-electron chi connectivity index (χ1n) is 5.37. The Labute approximate surface area is 101 Å². The van der Waals surface area contributed by atoms with Gasteiger partial charge in [-0.25, -0.2) is 0 Å². The van der Waals surface area contributed by atoms with E-state index in [0.29, 0.717) is 23.6 Å². The monoisotopic (exact) mass is 238 g/mol. The van der Waals surface area contributed by atoms with Crippen molar-refractivity contribution in [1.82, 2.24) is 10.6 Å². The van der Waals surface area contributed by atoms with E-state index in [1.165, 1.54) is 0 Å². The standard InChI is InChI=1S/C12H18N2O3/c1-13-4-5-14-12(15)9-6-10(16-2)8-11(7-9)17-3/h6-8,13H,4-5H2,1-3H3,(H,14,15). The molecule has 0 aliphatic rings. The van der Waals surface area contributed by atoms with Gasteiger partial charge in [-0.15, -0.1) is 0 Å². The van der Waals surface area contributed by atoms with E-state index in [1.54, 1.807) is 32.4 Å². The van der Waals surface area contributed by atoms with Crippen LogP contribution in [-0.4, -0.2) is 40.3 Å². The number of carbonyl (C=O) groups excluding carboxylic acids is 1. The highest BCUT2D eigenvalue weighted by atomic mass is 16.5. The second-order valence-electron chi connectivity index (χ2n) is 3.46. The van der Waals surface area contributed by atoms with Gasteiger partial charge in [0, 0.05) is 24.7 Å². The Bertz CT molecular complexity index is 358. The van der Waals surface area contributed by atoms with Gasteiger partial charge in [0.15, 0.2) is 0 Å². The molecule has 0 spiro atoms. The Morgan fingerprint density at radius 3 is 2.18 bits per heavy atom. The van der Waals surface area contributed by atoms with Crippen LogP contribution in [0.4, 0.5) is 0 Å². The van der Waals surface area contributed by atoms with Gasteiger partial charge in [-0.3, -0.25) is 4.79 Å². The van der Waals surface area contributed by atoms with E-state index in [2.05, 4.69) is 10.6 Å². The van der Waals surface area contributed by atoms with Crippen molar-refractivity contribution in [3.63, 3.8) is 0 Å². The number of likely N-dealkylation sites (N-methyl/N-ethyl adjacent to an activating group) is 1. The quantitative estimate of drug-likeness (QED) is 0.715. The topological polar surface area (TPSA) is 59.6 Å².